The highest BCUT2D eigenvalue weighted by molar-refractivity contribution is 7.89. The number of aromatic nitrogens is 1. The molecule has 1 unspecified atom stereocenters. The third-order valence-corrected chi connectivity index (χ3v) is 7.07. The topological polar surface area (TPSA) is 50.3 Å². The largest absolute Gasteiger partial charge is 0.261 e. The minimum absolute atomic E-state index is 0.221. The predicted octanol–water partition coefficient (Wildman–Crippen LogP) is 4.72. The van der Waals surface area contributed by atoms with Crippen LogP contribution in [0.15, 0.2) is 71.8 Å². The molecule has 1 atom stereocenters. The van der Waals surface area contributed by atoms with Crippen LogP contribution in [0.5, 0.6) is 0 Å². The van der Waals surface area contributed by atoms with Gasteiger partial charge in [0, 0.05) is 34.9 Å². The first-order valence-corrected chi connectivity index (χ1v) is 10.6. The van der Waals surface area contributed by atoms with E-state index < -0.39 is 16.1 Å². The molecule has 4 rings (SSSR count). The van der Waals surface area contributed by atoms with Gasteiger partial charge in [-0.3, -0.25) is 4.98 Å². The molecule has 0 fully saturated rings. The van der Waals surface area contributed by atoms with Gasteiger partial charge in [-0.2, -0.15) is 4.31 Å². The van der Waals surface area contributed by atoms with E-state index in [4.69, 9.17) is 23.2 Å². The van der Waals surface area contributed by atoms with Gasteiger partial charge in [-0.15, -0.1) is 0 Å². The lowest BCUT2D eigenvalue weighted by atomic mass is 9.93. The maximum absolute atomic E-state index is 13.4. The Hall–Kier alpha value is -1.92. The number of fused-ring (bicyclic) bond motifs is 1. The minimum Gasteiger partial charge on any atom is -0.261 e. The van der Waals surface area contributed by atoms with Crippen LogP contribution in [0.1, 0.15) is 22.9 Å². The van der Waals surface area contributed by atoms with Crippen LogP contribution in [-0.4, -0.2) is 24.3 Å². The van der Waals surface area contributed by atoms with E-state index in [0.29, 0.717) is 23.0 Å². The lowest BCUT2D eigenvalue weighted by molar-refractivity contribution is 0.341. The summed E-state index contributed by atoms with van der Waals surface area (Å²) in [5.41, 5.74) is 2.66. The first kappa shape index (κ1) is 18.4. The Morgan fingerprint density at radius 2 is 1.56 bits per heavy atom. The van der Waals surface area contributed by atoms with Crippen molar-refractivity contribution in [3.63, 3.8) is 0 Å². The van der Waals surface area contributed by atoms with Crippen LogP contribution in [0.4, 0.5) is 0 Å². The van der Waals surface area contributed by atoms with Gasteiger partial charge in [-0.1, -0.05) is 41.4 Å². The number of rotatable bonds is 3. The van der Waals surface area contributed by atoms with Gasteiger partial charge in [0.1, 0.15) is 0 Å². The molecule has 7 heteroatoms. The second kappa shape index (κ2) is 7.24. The zero-order valence-electron chi connectivity index (χ0n) is 14.2. The number of nitrogens with zero attached hydrogens (tertiary/aromatic N) is 2. The predicted molar refractivity (Wildman–Crippen MR) is 107 cm³/mol. The van der Waals surface area contributed by atoms with Crippen LogP contribution in [0.3, 0.4) is 0 Å². The molecule has 0 saturated heterocycles. The Morgan fingerprint density at radius 3 is 2.22 bits per heavy atom. The van der Waals surface area contributed by atoms with Gasteiger partial charge < -0.3 is 0 Å². The number of halogens is 2. The lowest BCUT2D eigenvalue weighted by Gasteiger charge is -2.36. The van der Waals surface area contributed by atoms with Crippen LogP contribution in [0.2, 0.25) is 10.0 Å². The molecule has 1 aliphatic heterocycles. The van der Waals surface area contributed by atoms with Gasteiger partial charge in [-0.25, -0.2) is 8.42 Å². The molecule has 4 nitrogen and oxygen atoms in total. The number of benzene rings is 2. The smallest absolute Gasteiger partial charge is 0.243 e. The molecular formula is C20H16Cl2N2O2S. The van der Waals surface area contributed by atoms with Gasteiger partial charge in [-0.05, 0) is 53.6 Å². The molecule has 0 N–H and O–H groups in total. The number of hydrogen-bond acceptors (Lipinski definition) is 3. The molecule has 0 aliphatic carbocycles. The SMILES string of the molecule is O=S(=O)(c1ccc(Cl)cc1)N1CCc2ncccc2C1c1ccc(Cl)cc1. The summed E-state index contributed by atoms with van der Waals surface area (Å²) < 4.78 is 28.3. The zero-order valence-corrected chi connectivity index (χ0v) is 16.5. The average molecular weight is 419 g/mol. The highest BCUT2D eigenvalue weighted by Crippen LogP contribution is 2.38. The van der Waals surface area contributed by atoms with Crippen molar-refractivity contribution in [1.29, 1.82) is 0 Å². The van der Waals surface area contributed by atoms with Gasteiger partial charge >= 0.3 is 0 Å². The Bertz CT molecular complexity index is 1070. The Morgan fingerprint density at radius 1 is 0.926 bits per heavy atom. The molecule has 3 aromatic rings. The average Bonchev–Trinajstić information content (AvgIpc) is 2.68. The molecule has 2 aromatic carbocycles. The van der Waals surface area contributed by atoms with E-state index in [1.807, 2.05) is 24.3 Å². The molecule has 0 saturated carbocycles. The summed E-state index contributed by atoms with van der Waals surface area (Å²) in [6, 6.07) is 16.8. The van der Waals surface area contributed by atoms with Gasteiger partial charge in [0.05, 0.1) is 10.9 Å². The normalized spacial score (nSPS) is 17.5. The third kappa shape index (κ3) is 3.48. The summed E-state index contributed by atoms with van der Waals surface area (Å²) >= 11 is 12.0. The third-order valence-electron chi connectivity index (χ3n) is 4.68. The quantitative estimate of drug-likeness (QED) is 0.617. The van der Waals surface area contributed by atoms with Crippen molar-refractivity contribution in [3.05, 3.63) is 93.7 Å². The van der Waals surface area contributed by atoms with E-state index >= 15 is 0 Å². The van der Waals surface area contributed by atoms with E-state index in [-0.39, 0.29) is 4.90 Å². The van der Waals surface area contributed by atoms with Crippen molar-refractivity contribution in [1.82, 2.24) is 9.29 Å². The number of hydrogen-bond donors (Lipinski definition) is 0. The summed E-state index contributed by atoms with van der Waals surface area (Å²) in [7, 11) is -3.72. The van der Waals surface area contributed by atoms with Crippen LogP contribution in [0.25, 0.3) is 0 Å². The molecule has 0 amide bonds. The second-order valence-electron chi connectivity index (χ2n) is 6.31. The molecular weight excluding hydrogens is 403 g/mol. The summed E-state index contributed by atoms with van der Waals surface area (Å²) in [6.45, 7) is 0.349. The second-order valence-corrected chi connectivity index (χ2v) is 9.08. The maximum atomic E-state index is 13.4. The molecule has 27 heavy (non-hydrogen) atoms. The molecule has 0 bridgehead atoms. The molecule has 1 aromatic heterocycles. The Kier molecular flexibility index (Phi) is 4.95. The number of pyridine rings is 1. The first-order chi connectivity index (χ1) is 13.0. The monoisotopic (exact) mass is 418 g/mol. The van der Waals surface area contributed by atoms with Gasteiger partial charge in [0.25, 0.3) is 0 Å². The summed E-state index contributed by atoms with van der Waals surface area (Å²) in [5.74, 6) is 0. The van der Waals surface area contributed by atoms with E-state index in [2.05, 4.69) is 4.98 Å². The maximum Gasteiger partial charge on any atom is 0.243 e. The lowest BCUT2D eigenvalue weighted by Crippen LogP contribution is -2.40. The highest BCUT2D eigenvalue weighted by atomic mass is 35.5. The van der Waals surface area contributed by atoms with E-state index in [0.717, 1.165) is 16.8 Å². The van der Waals surface area contributed by atoms with Gasteiger partial charge in [0.2, 0.25) is 10.0 Å². The fourth-order valence-corrected chi connectivity index (χ4v) is 5.25. The fourth-order valence-electron chi connectivity index (χ4n) is 3.40. The van der Waals surface area contributed by atoms with Crippen molar-refractivity contribution in [3.8, 4) is 0 Å². The van der Waals surface area contributed by atoms with E-state index in [9.17, 15) is 8.42 Å². The fraction of sp³-hybridized carbons (Fsp3) is 0.150. The van der Waals surface area contributed by atoms with Crippen LogP contribution in [-0.2, 0) is 16.4 Å². The highest BCUT2D eigenvalue weighted by Gasteiger charge is 2.37. The summed E-state index contributed by atoms with van der Waals surface area (Å²) in [4.78, 5) is 4.67. The first-order valence-electron chi connectivity index (χ1n) is 8.43. The van der Waals surface area contributed by atoms with Crippen molar-refractivity contribution >= 4 is 33.2 Å². The number of sulfonamides is 1. The molecule has 0 radical (unpaired) electrons. The molecule has 2 heterocycles. The molecule has 1 aliphatic rings. The summed E-state index contributed by atoms with van der Waals surface area (Å²) in [5, 5.41) is 1.10. The molecule has 0 spiro atoms. The van der Waals surface area contributed by atoms with Crippen molar-refractivity contribution in [2.75, 3.05) is 6.54 Å². The van der Waals surface area contributed by atoms with Crippen LogP contribution < -0.4 is 0 Å². The minimum atomic E-state index is -3.72. The van der Waals surface area contributed by atoms with E-state index in [1.54, 1.807) is 30.5 Å². The standard InChI is InChI=1S/C20H16Cl2N2O2S/c21-15-5-3-14(4-6-15)20-18-2-1-12-23-19(18)11-13-24(20)27(25,26)17-9-7-16(22)8-10-17/h1-10,12,20H,11,13H2. The van der Waals surface area contributed by atoms with Crippen LogP contribution in [0, 0.1) is 0 Å². The molecule has 138 valence electrons. The Balaban J connectivity index is 1.86. The van der Waals surface area contributed by atoms with Crippen LogP contribution >= 0.6 is 23.2 Å². The zero-order chi connectivity index (χ0) is 19.0. The van der Waals surface area contributed by atoms with Crippen molar-refractivity contribution in [2.24, 2.45) is 0 Å². The summed E-state index contributed by atoms with van der Waals surface area (Å²) in [6.07, 6.45) is 2.30. The van der Waals surface area contributed by atoms with Crippen molar-refractivity contribution < 1.29 is 8.42 Å². The van der Waals surface area contributed by atoms with Crippen molar-refractivity contribution in [2.45, 2.75) is 17.4 Å². The van der Waals surface area contributed by atoms with Gasteiger partial charge in [0.15, 0.2) is 0 Å². The van der Waals surface area contributed by atoms with E-state index in [1.165, 1.54) is 16.4 Å². The Labute approximate surface area is 168 Å².